The van der Waals surface area contributed by atoms with Crippen LogP contribution in [-0.4, -0.2) is 30.7 Å². The molecule has 0 aromatic heterocycles. The molecule has 92 valence electrons. The fourth-order valence-corrected chi connectivity index (χ4v) is 1.53. The van der Waals surface area contributed by atoms with Crippen molar-refractivity contribution in [1.29, 1.82) is 0 Å². The third-order valence-corrected chi connectivity index (χ3v) is 2.45. The van der Waals surface area contributed by atoms with Gasteiger partial charge in [0.15, 0.2) is 0 Å². The van der Waals surface area contributed by atoms with E-state index in [4.69, 9.17) is 0 Å². The van der Waals surface area contributed by atoms with Crippen LogP contribution in [0.2, 0.25) is 0 Å². The van der Waals surface area contributed by atoms with Crippen LogP contribution in [0.25, 0.3) is 0 Å². The molecular formula is C13H16FNO2. The molecule has 0 bridgehead atoms. The number of nitrogens with zero attached hydrogens (tertiary/aromatic N) is 1. The molecule has 4 heteroatoms. The highest BCUT2D eigenvalue weighted by Crippen LogP contribution is 2.15. The van der Waals surface area contributed by atoms with E-state index in [2.05, 4.69) is 0 Å². The van der Waals surface area contributed by atoms with Crippen LogP contribution in [0, 0.1) is 5.82 Å². The highest BCUT2D eigenvalue weighted by atomic mass is 19.1. The summed E-state index contributed by atoms with van der Waals surface area (Å²) in [6.07, 6.45) is 0.708. The summed E-state index contributed by atoms with van der Waals surface area (Å²) in [7, 11) is 3.28. The highest BCUT2D eigenvalue weighted by Gasteiger charge is 2.14. The molecule has 0 spiro atoms. The average molecular weight is 237 g/mol. The summed E-state index contributed by atoms with van der Waals surface area (Å²) in [5, 5.41) is 0. The lowest BCUT2D eigenvalue weighted by Crippen LogP contribution is -2.23. The van der Waals surface area contributed by atoms with Crippen molar-refractivity contribution >= 4 is 11.7 Å². The van der Waals surface area contributed by atoms with Gasteiger partial charge in [0.05, 0.1) is 0 Å². The van der Waals surface area contributed by atoms with Gasteiger partial charge in [-0.05, 0) is 37.1 Å². The van der Waals surface area contributed by atoms with E-state index in [0.717, 1.165) is 0 Å². The first-order chi connectivity index (χ1) is 7.91. The lowest BCUT2D eigenvalue weighted by molar-refractivity contribution is -0.116. The van der Waals surface area contributed by atoms with Crippen molar-refractivity contribution in [2.45, 2.75) is 19.8 Å². The number of carbonyl (C=O) groups is 2. The molecular weight excluding hydrogens is 221 g/mol. The third-order valence-electron chi connectivity index (χ3n) is 2.45. The molecule has 0 atom stereocenters. The van der Waals surface area contributed by atoms with Gasteiger partial charge in [0.2, 0.25) is 0 Å². The smallest absolute Gasteiger partial charge is 0.253 e. The second-order valence-corrected chi connectivity index (χ2v) is 4.20. The van der Waals surface area contributed by atoms with Crippen molar-refractivity contribution in [1.82, 2.24) is 4.90 Å². The Kier molecular flexibility index (Phi) is 4.37. The van der Waals surface area contributed by atoms with Crippen LogP contribution in [0.1, 0.15) is 29.3 Å². The number of aryl methyl sites for hydroxylation is 1. The molecule has 0 heterocycles. The maximum atomic E-state index is 13.1. The summed E-state index contributed by atoms with van der Waals surface area (Å²) in [4.78, 5) is 24.2. The molecule has 0 radical (unpaired) electrons. The number of hydrogen-bond donors (Lipinski definition) is 0. The van der Waals surface area contributed by atoms with Crippen molar-refractivity contribution in [3.05, 3.63) is 35.1 Å². The first kappa shape index (κ1) is 13.4. The molecule has 1 rings (SSSR count). The molecule has 0 unspecified atom stereocenters. The predicted octanol–water partition coefficient (Wildman–Crippen LogP) is 2.05. The highest BCUT2D eigenvalue weighted by molar-refractivity contribution is 5.95. The Morgan fingerprint density at radius 3 is 2.47 bits per heavy atom. The molecule has 1 aromatic carbocycles. The van der Waals surface area contributed by atoms with Gasteiger partial charge in [0.1, 0.15) is 11.6 Å². The Bertz CT molecular complexity index is 441. The van der Waals surface area contributed by atoms with E-state index in [0.29, 0.717) is 24.0 Å². The van der Waals surface area contributed by atoms with Crippen molar-refractivity contribution in [2.24, 2.45) is 0 Å². The van der Waals surface area contributed by atoms with Gasteiger partial charge in [-0.15, -0.1) is 0 Å². The largest absolute Gasteiger partial charge is 0.345 e. The Morgan fingerprint density at radius 1 is 1.29 bits per heavy atom. The van der Waals surface area contributed by atoms with Crippen molar-refractivity contribution in [2.75, 3.05) is 14.1 Å². The van der Waals surface area contributed by atoms with Crippen molar-refractivity contribution < 1.29 is 14.0 Å². The van der Waals surface area contributed by atoms with Crippen molar-refractivity contribution in [3.8, 4) is 0 Å². The second kappa shape index (κ2) is 5.57. The standard InChI is InChI=1S/C13H16FNO2/c1-9(16)4-5-10-8-11(14)6-7-12(10)13(17)15(2)3/h6-8H,4-5H2,1-3H3. The number of hydrogen-bond acceptors (Lipinski definition) is 2. The van der Waals surface area contributed by atoms with Crippen molar-refractivity contribution in [3.63, 3.8) is 0 Å². The summed E-state index contributed by atoms with van der Waals surface area (Å²) >= 11 is 0. The summed E-state index contributed by atoms with van der Waals surface area (Å²) in [6.45, 7) is 1.48. The van der Waals surface area contributed by atoms with E-state index >= 15 is 0 Å². The normalized spacial score (nSPS) is 10.1. The monoisotopic (exact) mass is 237 g/mol. The third kappa shape index (κ3) is 3.66. The van der Waals surface area contributed by atoms with E-state index in [-0.39, 0.29) is 17.5 Å². The summed E-state index contributed by atoms with van der Waals surface area (Å²) in [5.74, 6) is -0.542. The molecule has 0 fully saturated rings. The lowest BCUT2D eigenvalue weighted by atomic mass is 10.0. The zero-order chi connectivity index (χ0) is 13.0. The minimum atomic E-state index is -0.390. The molecule has 17 heavy (non-hydrogen) atoms. The maximum Gasteiger partial charge on any atom is 0.253 e. The zero-order valence-corrected chi connectivity index (χ0v) is 10.3. The molecule has 1 aromatic rings. The molecule has 0 N–H and O–H groups in total. The predicted molar refractivity (Wildman–Crippen MR) is 63.4 cm³/mol. The number of ketones is 1. The maximum absolute atomic E-state index is 13.1. The molecule has 3 nitrogen and oxygen atoms in total. The number of carbonyl (C=O) groups excluding carboxylic acids is 2. The van der Waals surface area contributed by atoms with Gasteiger partial charge in [-0.25, -0.2) is 4.39 Å². The number of amides is 1. The van der Waals surface area contributed by atoms with Gasteiger partial charge < -0.3 is 9.69 Å². The van der Waals surface area contributed by atoms with Crippen LogP contribution in [0.5, 0.6) is 0 Å². The Balaban J connectivity index is 3.03. The number of Topliss-reactive ketones (excluding diaryl/α,β-unsaturated/α-hetero) is 1. The Hall–Kier alpha value is -1.71. The molecule has 0 saturated heterocycles. The zero-order valence-electron chi connectivity index (χ0n) is 10.3. The summed E-state index contributed by atoms with van der Waals surface area (Å²) < 4.78 is 13.1. The number of halogens is 1. The fraction of sp³-hybridized carbons (Fsp3) is 0.385. The molecule has 0 aliphatic carbocycles. The van der Waals surface area contributed by atoms with E-state index < -0.39 is 0 Å². The van der Waals surface area contributed by atoms with E-state index in [1.165, 1.54) is 30.0 Å². The van der Waals surface area contributed by atoms with Gasteiger partial charge in [0, 0.05) is 26.1 Å². The van der Waals surface area contributed by atoms with Gasteiger partial charge in [-0.3, -0.25) is 4.79 Å². The van der Waals surface area contributed by atoms with Gasteiger partial charge in [-0.1, -0.05) is 0 Å². The second-order valence-electron chi connectivity index (χ2n) is 4.20. The van der Waals surface area contributed by atoms with Gasteiger partial charge in [0.25, 0.3) is 5.91 Å². The van der Waals surface area contributed by atoms with Crippen LogP contribution in [-0.2, 0) is 11.2 Å². The topological polar surface area (TPSA) is 37.4 Å². The lowest BCUT2D eigenvalue weighted by Gasteiger charge is -2.13. The Morgan fingerprint density at radius 2 is 1.94 bits per heavy atom. The number of benzene rings is 1. The molecule has 1 amide bonds. The minimum Gasteiger partial charge on any atom is -0.345 e. The first-order valence-electron chi connectivity index (χ1n) is 5.41. The average Bonchev–Trinajstić information content (AvgIpc) is 2.25. The molecule has 0 aliphatic rings. The van der Waals surface area contributed by atoms with E-state index in [1.54, 1.807) is 14.1 Å². The molecule has 0 aliphatic heterocycles. The fourth-order valence-electron chi connectivity index (χ4n) is 1.53. The van der Waals surface area contributed by atoms with E-state index in [9.17, 15) is 14.0 Å². The van der Waals surface area contributed by atoms with Crippen LogP contribution < -0.4 is 0 Å². The van der Waals surface area contributed by atoms with Crippen LogP contribution >= 0.6 is 0 Å². The summed E-state index contributed by atoms with van der Waals surface area (Å²) in [5.41, 5.74) is 1.04. The molecule has 0 saturated carbocycles. The SMILES string of the molecule is CC(=O)CCc1cc(F)ccc1C(=O)N(C)C. The van der Waals surface area contributed by atoms with Crippen LogP contribution in [0.4, 0.5) is 4.39 Å². The number of rotatable bonds is 4. The van der Waals surface area contributed by atoms with Gasteiger partial charge >= 0.3 is 0 Å². The van der Waals surface area contributed by atoms with Gasteiger partial charge in [-0.2, -0.15) is 0 Å². The first-order valence-corrected chi connectivity index (χ1v) is 5.41. The van der Waals surface area contributed by atoms with E-state index in [1.807, 2.05) is 0 Å². The summed E-state index contributed by atoms with van der Waals surface area (Å²) in [6, 6.07) is 4.04. The van der Waals surface area contributed by atoms with Crippen LogP contribution in [0.3, 0.4) is 0 Å². The van der Waals surface area contributed by atoms with Crippen LogP contribution in [0.15, 0.2) is 18.2 Å². The Labute approximate surface area is 100 Å². The minimum absolute atomic E-state index is 0.0255. The quantitative estimate of drug-likeness (QED) is 0.803.